The van der Waals surface area contributed by atoms with Gasteiger partial charge in [0.2, 0.25) is 5.91 Å². The quantitative estimate of drug-likeness (QED) is 0.805. The van der Waals surface area contributed by atoms with Crippen molar-refractivity contribution in [2.45, 2.75) is 52.5 Å². The summed E-state index contributed by atoms with van der Waals surface area (Å²) in [6.07, 6.45) is 1.81. The van der Waals surface area contributed by atoms with Gasteiger partial charge in [-0.15, -0.1) is 0 Å². The Morgan fingerprint density at radius 3 is 2.50 bits per heavy atom. The van der Waals surface area contributed by atoms with Gasteiger partial charge in [-0.3, -0.25) is 9.59 Å². The molecule has 4 heteroatoms. The molecule has 2 N–H and O–H groups in total. The molecule has 0 fully saturated rings. The number of carboxylic acid groups (broad SMARTS) is 1. The summed E-state index contributed by atoms with van der Waals surface area (Å²) in [5.41, 5.74) is 3.31. The summed E-state index contributed by atoms with van der Waals surface area (Å²) in [5.74, 6) is -0.997. The minimum Gasteiger partial charge on any atom is -0.481 e. The van der Waals surface area contributed by atoms with Crippen molar-refractivity contribution < 1.29 is 14.7 Å². The van der Waals surface area contributed by atoms with Crippen LogP contribution in [-0.2, 0) is 16.0 Å². The first-order valence-corrected chi connectivity index (χ1v) is 6.99. The number of amides is 1. The Hall–Kier alpha value is -1.84. The Bertz CT molecular complexity index is 483. The van der Waals surface area contributed by atoms with Crippen molar-refractivity contribution in [3.05, 3.63) is 34.9 Å². The molecule has 0 aliphatic heterocycles. The number of rotatable bonds is 7. The van der Waals surface area contributed by atoms with Crippen LogP contribution in [0.1, 0.15) is 42.9 Å². The Balaban J connectivity index is 2.60. The van der Waals surface area contributed by atoms with Crippen LogP contribution >= 0.6 is 0 Å². The number of hydrogen-bond donors (Lipinski definition) is 2. The second-order valence-electron chi connectivity index (χ2n) is 5.25. The van der Waals surface area contributed by atoms with Crippen LogP contribution < -0.4 is 5.32 Å². The summed E-state index contributed by atoms with van der Waals surface area (Å²) in [4.78, 5) is 22.7. The number of aliphatic carboxylic acids is 1. The average Bonchev–Trinajstić information content (AvgIpc) is 2.33. The minimum absolute atomic E-state index is 0.0213. The van der Waals surface area contributed by atoms with Gasteiger partial charge in [0, 0.05) is 6.04 Å². The summed E-state index contributed by atoms with van der Waals surface area (Å²) in [6, 6.07) is 5.66. The summed E-state index contributed by atoms with van der Waals surface area (Å²) in [6.45, 7) is 6.02. The average molecular weight is 277 g/mol. The van der Waals surface area contributed by atoms with Gasteiger partial charge in [0.1, 0.15) is 0 Å². The predicted octanol–water partition coefficient (Wildman–Crippen LogP) is 2.61. The van der Waals surface area contributed by atoms with Crippen LogP contribution in [0.15, 0.2) is 18.2 Å². The molecule has 0 saturated carbocycles. The van der Waals surface area contributed by atoms with Crippen molar-refractivity contribution in [1.82, 2.24) is 5.32 Å². The first kappa shape index (κ1) is 16.2. The molecule has 0 saturated heterocycles. The molecular weight excluding hydrogens is 254 g/mol. The van der Waals surface area contributed by atoms with Gasteiger partial charge in [0.15, 0.2) is 0 Å². The maximum Gasteiger partial charge on any atom is 0.305 e. The molecule has 1 amide bonds. The van der Waals surface area contributed by atoms with E-state index in [2.05, 4.69) is 5.32 Å². The topological polar surface area (TPSA) is 66.4 Å². The third-order valence-electron chi connectivity index (χ3n) is 3.36. The number of carbonyl (C=O) groups is 2. The monoisotopic (exact) mass is 277 g/mol. The zero-order chi connectivity index (χ0) is 15.1. The Labute approximate surface area is 120 Å². The van der Waals surface area contributed by atoms with E-state index < -0.39 is 5.97 Å². The van der Waals surface area contributed by atoms with E-state index in [9.17, 15) is 9.59 Å². The van der Waals surface area contributed by atoms with Gasteiger partial charge in [0.05, 0.1) is 12.8 Å². The first-order chi connectivity index (χ1) is 9.42. The van der Waals surface area contributed by atoms with E-state index in [1.807, 2.05) is 39.0 Å². The lowest BCUT2D eigenvalue weighted by atomic mass is 10.0. The molecule has 0 aliphatic carbocycles. The molecule has 1 atom stereocenters. The number of carbonyl (C=O) groups excluding carboxylic acids is 1. The zero-order valence-corrected chi connectivity index (χ0v) is 12.4. The van der Waals surface area contributed by atoms with Crippen LogP contribution in [0.2, 0.25) is 0 Å². The highest BCUT2D eigenvalue weighted by molar-refractivity contribution is 5.79. The number of hydrogen-bond acceptors (Lipinski definition) is 2. The number of nitrogens with one attached hydrogen (secondary N) is 1. The van der Waals surface area contributed by atoms with Gasteiger partial charge < -0.3 is 10.4 Å². The third-order valence-corrected chi connectivity index (χ3v) is 3.36. The van der Waals surface area contributed by atoms with E-state index in [1.165, 1.54) is 5.56 Å². The molecular formula is C16H23NO3. The highest BCUT2D eigenvalue weighted by Crippen LogP contribution is 2.11. The van der Waals surface area contributed by atoms with Crippen LogP contribution in [0.3, 0.4) is 0 Å². The molecule has 0 radical (unpaired) electrons. The smallest absolute Gasteiger partial charge is 0.305 e. The van der Waals surface area contributed by atoms with Crippen LogP contribution in [0.4, 0.5) is 0 Å². The van der Waals surface area contributed by atoms with E-state index >= 15 is 0 Å². The van der Waals surface area contributed by atoms with Gasteiger partial charge in [-0.2, -0.15) is 0 Å². The molecule has 4 nitrogen and oxygen atoms in total. The highest BCUT2D eigenvalue weighted by atomic mass is 16.4. The fourth-order valence-corrected chi connectivity index (χ4v) is 2.16. The van der Waals surface area contributed by atoms with E-state index in [-0.39, 0.29) is 18.4 Å². The van der Waals surface area contributed by atoms with Crippen molar-refractivity contribution in [3.63, 3.8) is 0 Å². The standard InChI is InChI=1S/C16H23NO3/c1-4-5-14(10-16(19)20)17-15(18)9-13-7-6-11(2)12(3)8-13/h6-8,14H,4-5,9-10H2,1-3H3,(H,17,18)(H,19,20). The first-order valence-electron chi connectivity index (χ1n) is 6.99. The Morgan fingerprint density at radius 2 is 1.95 bits per heavy atom. The van der Waals surface area contributed by atoms with Crippen LogP contribution in [0.25, 0.3) is 0 Å². The van der Waals surface area contributed by atoms with E-state index in [0.717, 1.165) is 17.5 Å². The van der Waals surface area contributed by atoms with Crippen molar-refractivity contribution >= 4 is 11.9 Å². The zero-order valence-electron chi connectivity index (χ0n) is 12.4. The minimum atomic E-state index is -0.880. The summed E-state index contributed by atoms with van der Waals surface area (Å²) in [5, 5.41) is 11.6. The summed E-state index contributed by atoms with van der Waals surface area (Å²) >= 11 is 0. The number of carboxylic acids is 1. The molecule has 1 aromatic rings. The second kappa shape index (κ2) is 7.68. The largest absolute Gasteiger partial charge is 0.481 e. The van der Waals surface area contributed by atoms with Crippen LogP contribution in [0, 0.1) is 13.8 Å². The molecule has 0 spiro atoms. The molecule has 1 rings (SSSR count). The van der Waals surface area contributed by atoms with E-state index in [0.29, 0.717) is 12.8 Å². The molecule has 0 aromatic heterocycles. The maximum atomic E-state index is 12.0. The van der Waals surface area contributed by atoms with Gasteiger partial charge in [-0.05, 0) is 37.0 Å². The van der Waals surface area contributed by atoms with Crippen molar-refractivity contribution in [3.8, 4) is 0 Å². The molecule has 1 unspecified atom stereocenters. The third kappa shape index (κ3) is 5.43. The lowest BCUT2D eigenvalue weighted by Crippen LogP contribution is -2.37. The fraction of sp³-hybridized carbons (Fsp3) is 0.500. The Kier molecular flexibility index (Phi) is 6.22. The van der Waals surface area contributed by atoms with Gasteiger partial charge >= 0.3 is 5.97 Å². The fourth-order valence-electron chi connectivity index (χ4n) is 2.16. The highest BCUT2D eigenvalue weighted by Gasteiger charge is 2.15. The Morgan fingerprint density at radius 1 is 1.25 bits per heavy atom. The second-order valence-corrected chi connectivity index (χ2v) is 5.25. The SMILES string of the molecule is CCCC(CC(=O)O)NC(=O)Cc1ccc(C)c(C)c1. The van der Waals surface area contributed by atoms with Crippen LogP contribution in [0.5, 0.6) is 0 Å². The summed E-state index contributed by atoms with van der Waals surface area (Å²) in [7, 11) is 0. The van der Waals surface area contributed by atoms with Crippen molar-refractivity contribution in [2.75, 3.05) is 0 Å². The molecule has 0 aliphatic rings. The number of benzene rings is 1. The van der Waals surface area contributed by atoms with Gasteiger partial charge in [0.25, 0.3) is 0 Å². The van der Waals surface area contributed by atoms with E-state index in [1.54, 1.807) is 0 Å². The predicted molar refractivity (Wildman–Crippen MR) is 78.7 cm³/mol. The van der Waals surface area contributed by atoms with Gasteiger partial charge in [-0.25, -0.2) is 0 Å². The normalized spacial score (nSPS) is 11.9. The lowest BCUT2D eigenvalue weighted by molar-refractivity contribution is -0.137. The van der Waals surface area contributed by atoms with Gasteiger partial charge in [-0.1, -0.05) is 31.5 Å². The van der Waals surface area contributed by atoms with Crippen molar-refractivity contribution in [2.24, 2.45) is 0 Å². The molecule has 20 heavy (non-hydrogen) atoms. The number of aryl methyl sites for hydroxylation is 2. The molecule has 1 aromatic carbocycles. The molecule has 0 heterocycles. The summed E-state index contributed by atoms with van der Waals surface area (Å²) < 4.78 is 0. The van der Waals surface area contributed by atoms with Crippen molar-refractivity contribution in [1.29, 1.82) is 0 Å². The van der Waals surface area contributed by atoms with Crippen LogP contribution in [-0.4, -0.2) is 23.0 Å². The molecule has 0 bridgehead atoms. The lowest BCUT2D eigenvalue weighted by Gasteiger charge is -2.16. The maximum absolute atomic E-state index is 12.0. The molecule has 110 valence electrons. The van der Waals surface area contributed by atoms with E-state index in [4.69, 9.17) is 5.11 Å².